The van der Waals surface area contributed by atoms with Gasteiger partial charge in [-0.05, 0) is 60.5 Å². The maximum absolute atomic E-state index is 12.2. The van der Waals surface area contributed by atoms with Crippen LogP contribution in [0.25, 0.3) is 10.9 Å². The van der Waals surface area contributed by atoms with Crippen molar-refractivity contribution in [2.45, 2.75) is 32.1 Å². The second kappa shape index (κ2) is 7.05. The molecule has 0 spiro atoms. The van der Waals surface area contributed by atoms with Crippen molar-refractivity contribution in [1.82, 2.24) is 4.98 Å². The fourth-order valence-corrected chi connectivity index (χ4v) is 3.66. The van der Waals surface area contributed by atoms with E-state index < -0.39 is 5.41 Å². The SMILES string of the molecule is CCc1cc2ccc(C(C)(C#N)Cc3ccc4c(c3)OCCO4)cc2[nH]c1=O. The van der Waals surface area contributed by atoms with E-state index in [1.54, 1.807) is 0 Å². The molecule has 1 unspecified atom stereocenters. The molecule has 0 amide bonds. The molecule has 0 saturated heterocycles. The van der Waals surface area contributed by atoms with Gasteiger partial charge in [-0.25, -0.2) is 0 Å². The number of ether oxygens (including phenoxy) is 2. The van der Waals surface area contributed by atoms with E-state index in [1.807, 2.05) is 56.3 Å². The third kappa shape index (κ3) is 3.22. The number of aryl methyl sites for hydroxylation is 1. The Kier molecular flexibility index (Phi) is 4.56. The molecule has 28 heavy (non-hydrogen) atoms. The predicted octanol–water partition coefficient (Wildman–Crippen LogP) is 3.89. The molecule has 0 fully saturated rings. The van der Waals surface area contributed by atoms with Gasteiger partial charge in [0.05, 0.1) is 11.5 Å². The highest BCUT2D eigenvalue weighted by atomic mass is 16.6. The van der Waals surface area contributed by atoms with Crippen molar-refractivity contribution in [3.05, 3.63) is 69.5 Å². The Morgan fingerprint density at radius 3 is 2.64 bits per heavy atom. The summed E-state index contributed by atoms with van der Waals surface area (Å²) in [6.07, 6.45) is 1.22. The van der Waals surface area contributed by atoms with Crippen LogP contribution in [0.1, 0.15) is 30.5 Å². The number of pyridine rings is 1. The number of nitriles is 1. The molecule has 1 aliphatic rings. The van der Waals surface area contributed by atoms with Gasteiger partial charge in [-0.3, -0.25) is 4.79 Å². The molecular formula is C23H22N2O3. The van der Waals surface area contributed by atoms with Gasteiger partial charge in [0.1, 0.15) is 13.2 Å². The molecule has 1 atom stereocenters. The minimum Gasteiger partial charge on any atom is -0.486 e. The first kappa shape index (κ1) is 18.1. The molecule has 1 N–H and O–H groups in total. The second-order valence-electron chi connectivity index (χ2n) is 7.38. The maximum Gasteiger partial charge on any atom is 0.251 e. The zero-order valence-electron chi connectivity index (χ0n) is 16.0. The molecule has 0 aliphatic carbocycles. The summed E-state index contributed by atoms with van der Waals surface area (Å²) >= 11 is 0. The van der Waals surface area contributed by atoms with Crippen LogP contribution in [0, 0.1) is 11.3 Å². The fraction of sp³-hybridized carbons (Fsp3) is 0.304. The Hall–Kier alpha value is -3.26. The van der Waals surface area contributed by atoms with E-state index in [2.05, 4.69) is 11.1 Å². The van der Waals surface area contributed by atoms with Crippen molar-refractivity contribution in [3.8, 4) is 17.6 Å². The minimum absolute atomic E-state index is 0.0716. The summed E-state index contributed by atoms with van der Waals surface area (Å²) in [5.41, 5.74) is 2.58. The van der Waals surface area contributed by atoms with Crippen LogP contribution in [-0.4, -0.2) is 18.2 Å². The van der Waals surface area contributed by atoms with E-state index in [-0.39, 0.29) is 5.56 Å². The van der Waals surface area contributed by atoms with E-state index >= 15 is 0 Å². The molecule has 5 nitrogen and oxygen atoms in total. The van der Waals surface area contributed by atoms with E-state index in [9.17, 15) is 10.1 Å². The van der Waals surface area contributed by atoms with Gasteiger partial charge in [-0.1, -0.05) is 25.1 Å². The Labute approximate surface area is 163 Å². The molecule has 5 heteroatoms. The second-order valence-corrected chi connectivity index (χ2v) is 7.38. The van der Waals surface area contributed by atoms with Crippen LogP contribution in [0.3, 0.4) is 0 Å². The third-order valence-electron chi connectivity index (χ3n) is 5.35. The zero-order chi connectivity index (χ0) is 19.7. The van der Waals surface area contributed by atoms with Crippen molar-refractivity contribution in [2.24, 2.45) is 0 Å². The summed E-state index contributed by atoms with van der Waals surface area (Å²) in [4.78, 5) is 15.1. The standard InChI is InChI=1S/C23H22N2O3/c1-3-16-11-17-5-6-18(12-19(17)25-22(16)26)23(2,14-24)13-15-4-7-20-21(10-15)28-9-8-27-20/h4-7,10-12H,3,8-9,13H2,1-2H3,(H,25,26). The number of H-pyrrole nitrogens is 1. The Morgan fingerprint density at radius 2 is 1.89 bits per heavy atom. The van der Waals surface area contributed by atoms with Crippen LogP contribution in [0.15, 0.2) is 47.3 Å². The highest BCUT2D eigenvalue weighted by Gasteiger charge is 2.28. The summed E-state index contributed by atoms with van der Waals surface area (Å²) in [6, 6.07) is 16.1. The quantitative estimate of drug-likeness (QED) is 0.752. The summed E-state index contributed by atoms with van der Waals surface area (Å²) in [6.45, 7) is 4.97. The van der Waals surface area contributed by atoms with Gasteiger partial charge in [0.15, 0.2) is 11.5 Å². The molecule has 1 aromatic heterocycles. The Bertz CT molecular complexity index is 1140. The molecule has 4 rings (SSSR count). The number of rotatable bonds is 4. The maximum atomic E-state index is 12.2. The van der Waals surface area contributed by atoms with Gasteiger partial charge in [-0.15, -0.1) is 0 Å². The summed E-state index contributed by atoms with van der Waals surface area (Å²) < 4.78 is 11.2. The van der Waals surface area contributed by atoms with Gasteiger partial charge in [0.25, 0.3) is 5.56 Å². The van der Waals surface area contributed by atoms with E-state index in [0.717, 1.165) is 39.1 Å². The number of aromatic nitrogens is 1. The molecular weight excluding hydrogens is 352 g/mol. The smallest absolute Gasteiger partial charge is 0.251 e. The minimum atomic E-state index is -0.738. The van der Waals surface area contributed by atoms with E-state index in [0.29, 0.717) is 26.1 Å². The largest absolute Gasteiger partial charge is 0.486 e. The fourth-order valence-electron chi connectivity index (χ4n) is 3.66. The van der Waals surface area contributed by atoms with Gasteiger partial charge >= 0.3 is 0 Å². The summed E-state index contributed by atoms with van der Waals surface area (Å²) in [5, 5.41) is 10.9. The molecule has 0 saturated carbocycles. The molecule has 3 aromatic rings. The number of aromatic amines is 1. The summed E-state index contributed by atoms with van der Waals surface area (Å²) in [5.74, 6) is 1.46. The zero-order valence-corrected chi connectivity index (χ0v) is 16.0. The topological polar surface area (TPSA) is 75.1 Å². The van der Waals surface area contributed by atoms with E-state index in [4.69, 9.17) is 9.47 Å². The lowest BCUT2D eigenvalue weighted by atomic mass is 9.78. The van der Waals surface area contributed by atoms with E-state index in [1.165, 1.54) is 0 Å². The predicted molar refractivity (Wildman–Crippen MR) is 108 cm³/mol. The average Bonchev–Trinajstić information content (AvgIpc) is 2.72. The third-order valence-corrected chi connectivity index (χ3v) is 5.35. The van der Waals surface area contributed by atoms with Crippen molar-refractivity contribution in [2.75, 3.05) is 13.2 Å². The molecule has 1 aliphatic heterocycles. The lowest BCUT2D eigenvalue weighted by Gasteiger charge is -2.24. The van der Waals surface area contributed by atoms with Crippen LogP contribution < -0.4 is 15.0 Å². The first-order valence-corrected chi connectivity index (χ1v) is 9.48. The molecule has 0 radical (unpaired) electrons. The first-order valence-electron chi connectivity index (χ1n) is 9.48. The van der Waals surface area contributed by atoms with Gasteiger partial charge in [0, 0.05) is 11.1 Å². The number of nitrogens with zero attached hydrogens (tertiary/aromatic N) is 1. The van der Waals surface area contributed by atoms with Gasteiger partial charge < -0.3 is 14.5 Å². The highest BCUT2D eigenvalue weighted by Crippen LogP contribution is 2.35. The van der Waals surface area contributed by atoms with Crippen LogP contribution in [0.2, 0.25) is 0 Å². The normalized spacial score (nSPS) is 15.0. The molecule has 142 valence electrons. The van der Waals surface area contributed by atoms with Crippen molar-refractivity contribution in [3.63, 3.8) is 0 Å². The van der Waals surface area contributed by atoms with Crippen LogP contribution >= 0.6 is 0 Å². The van der Waals surface area contributed by atoms with Crippen molar-refractivity contribution in [1.29, 1.82) is 5.26 Å². The summed E-state index contributed by atoms with van der Waals surface area (Å²) in [7, 11) is 0. The first-order chi connectivity index (χ1) is 13.5. The lowest BCUT2D eigenvalue weighted by molar-refractivity contribution is 0.171. The number of hydrogen-bond donors (Lipinski definition) is 1. The average molecular weight is 374 g/mol. The Balaban J connectivity index is 1.71. The highest BCUT2D eigenvalue weighted by molar-refractivity contribution is 5.80. The monoisotopic (exact) mass is 374 g/mol. The molecule has 2 aromatic carbocycles. The number of nitrogens with one attached hydrogen (secondary N) is 1. The lowest BCUT2D eigenvalue weighted by Crippen LogP contribution is -2.23. The van der Waals surface area contributed by atoms with Crippen LogP contribution in [0.5, 0.6) is 11.5 Å². The van der Waals surface area contributed by atoms with Crippen LogP contribution in [-0.2, 0) is 18.3 Å². The van der Waals surface area contributed by atoms with Gasteiger partial charge in [-0.2, -0.15) is 5.26 Å². The Morgan fingerprint density at radius 1 is 1.11 bits per heavy atom. The number of fused-ring (bicyclic) bond motifs is 2. The van der Waals surface area contributed by atoms with Gasteiger partial charge in [0.2, 0.25) is 0 Å². The molecule has 2 heterocycles. The van der Waals surface area contributed by atoms with Crippen molar-refractivity contribution >= 4 is 10.9 Å². The molecule has 0 bridgehead atoms. The van der Waals surface area contributed by atoms with Crippen LogP contribution in [0.4, 0.5) is 0 Å². The number of hydrogen-bond acceptors (Lipinski definition) is 4. The van der Waals surface area contributed by atoms with Crippen molar-refractivity contribution < 1.29 is 9.47 Å². The number of benzene rings is 2.